The monoisotopic (exact) mass is 454 g/mol. The summed E-state index contributed by atoms with van der Waals surface area (Å²) in [5, 5.41) is 6.71. The van der Waals surface area contributed by atoms with Crippen LogP contribution in [0.2, 0.25) is 0 Å². The number of pyridine rings is 2. The normalized spacial score (nSPS) is 36.1. The van der Waals surface area contributed by atoms with E-state index < -0.39 is 10.8 Å². The third-order valence-corrected chi connectivity index (χ3v) is 11.2. The summed E-state index contributed by atoms with van der Waals surface area (Å²) in [6, 6.07) is 6.82. The van der Waals surface area contributed by atoms with Crippen molar-refractivity contribution in [3.63, 3.8) is 0 Å². The summed E-state index contributed by atoms with van der Waals surface area (Å²) >= 11 is 1.81. The van der Waals surface area contributed by atoms with Gasteiger partial charge in [0.2, 0.25) is 0 Å². The summed E-state index contributed by atoms with van der Waals surface area (Å²) in [5.74, 6) is 0.915. The second kappa shape index (κ2) is 7.25. The lowest BCUT2D eigenvalue weighted by Gasteiger charge is -2.48. The predicted molar refractivity (Wildman–Crippen MR) is 123 cm³/mol. The zero-order valence-corrected chi connectivity index (χ0v) is 18.8. The van der Waals surface area contributed by atoms with Gasteiger partial charge in [-0.05, 0) is 55.4 Å². The number of thioether (sulfide) groups is 1. The van der Waals surface area contributed by atoms with E-state index in [-0.39, 0.29) is 11.4 Å². The number of piperidine rings is 1. The average Bonchev–Trinajstić information content (AvgIpc) is 3.38. The van der Waals surface area contributed by atoms with Crippen LogP contribution >= 0.6 is 11.8 Å². The molecular formula is C22H26N6OS2. The molecule has 31 heavy (non-hydrogen) atoms. The van der Waals surface area contributed by atoms with E-state index in [9.17, 15) is 4.21 Å². The number of hydrogen-bond donors (Lipinski definition) is 3. The molecule has 3 N–H and O–H groups in total. The summed E-state index contributed by atoms with van der Waals surface area (Å²) in [6.45, 7) is 0.993. The molecule has 2 aromatic rings. The average molecular weight is 455 g/mol. The molecule has 3 saturated heterocycles. The van der Waals surface area contributed by atoms with Gasteiger partial charge in [-0.25, -0.2) is 5.43 Å². The second-order valence-corrected chi connectivity index (χ2v) is 12.4. The minimum Gasteiger partial charge on any atom is -0.307 e. The quantitative estimate of drug-likeness (QED) is 0.653. The number of nitrogens with zero attached hydrogens (tertiary/aromatic N) is 3. The Morgan fingerprint density at radius 3 is 3.00 bits per heavy atom. The van der Waals surface area contributed by atoms with Gasteiger partial charge in [-0.2, -0.15) is 5.12 Å². The lowest BCUT2D eigenvalue weighted by molar-refractivity contribution is 0.00560. The third-order valence-electron chi connectivity index (χ3n) is 7.65. The molecule has 6 heterocycles. The molecule has 1 saturated carbocycles. The van der Waals surface area contributed by atoms with Gasteiger partial charge >= 0.3 is 0 Å². The highest BCUT2D eigenvalue weighted by Crippen LogP contribution is 2.55. The lowest BCUT2D eigenvalue weighted by Crippen LogP contribution is -2.61. The fourth-order valence-electron chi connectivity index (χ4n) is 5.84. The van der Waals surface area contributed by atoms with Crippen LogP contribution in [-0.4, -0.2) is 42.5 Å². The first-order valence-electron chi connectivity index (χ1n) is 11.3. The summed E-state index contributed by atoms with van der Waals surface area (Å²) in [7, 11) is -0.900. The summed E-state index contributed by atoms with van der Waals surface area (Å²) in [6.07, 6.45) is 9.44. The Balaban J connectivity index is 1.25. The number of hydrazine groups is 2. The van der Waals surface area contributed by atoms with Crippen LogP contribution in [0.25, 0.3) is 11.0 Å². The Bertz CT molecular complexity index is 1100. The number of fused-ring (bicyclic) bond motifs is 3. The molecule has 0 spiro atoms. The van der Waals surface area contributed by atoms with Crippen molar-refractivity contribution < 1.29 is 4.21 Å². The zero-order chi connectivity index (χ0) is 20.5. The van der Waals surface area contributed by atoms with Crippen LogP contribution in [0.3, 0.4) is 0 Å². The first-order chi connectivity index (χ1) is 15.3. The van der Waals surface area contributed by atoms with Crippen LogP contribution in [0.15, 0.2) is 40.5 Å². The molecule has 0 radical (unpaired) electrons. The number of aromatic nitrogens is 2. The number of hydrogen-bond acceptors (Lipinski definition) is 8. The summed E-state index contributed by atoms with van der Waals surface area (Å²) in [5.41, 5.74) is 11.4. The smallest absolute Gasteiger partial charge is 0.0942 e. The van der Waals surface area contributed by atoms with Crippen molar-refractivity contribution in [1.29, 1.82) is 0 Å². The minimum absolute atomic E-state index is 0.232. The lowest BCUT2D eigenvalue weighted by atomic mass is 9.74. The fraction of sp³-hybridized carbons (Fsp3) is 0.545. The fourth-order valence-corrected chi connectivity index (χ4v) is 9.66. The Labute approximate surface area is 188 Å². The van der Waals surface area contributed by atoms with Crippen molar-refractivity contribution in [2.24, 2.45) is 11.8 Å². The van der Waals surface area contributed by atoms with Gasteiger partial charge in [-0.3, -0.25) is 19.5 Å². The Kier molecular flexibility index (Phi) is 4.44. The van der Waals surface area contributed by atoms with E-state index in [2.05, 4.69) is 37.3 Å². The molecule has 0 bridgehead atoms. The maximum Gasteiger partial charge on any atom is 0.0942 e. The van der Waals surface area contributed by atoms with E-state index in [4.69, 9.17) is 0 Å². The van der Waals surface area contributed by atoms with Gasteiger partial charge in [-0.15, -0.1) is 0 Å². The van der Waals surface area contributed by atoms with E-state index in [1.807, 2.05) is 36.3 Å². The Hall–Kier alpha value is -1.52. The van der Waals surface area contributed by atoms with Crippen LogP contribution in [0, 0.1) is 11.8 Å². The van der Waals surface area contributed by atoms with Gasteiger partial charge in [0.25, 0.3) is 0 Å². The van der Waals surface area contributed by atoms with Crippen LogP contribution in [0.4, 0.5) is 0 Å². The van der Waals surface area contributed by atoms with Gasteiger partial charge < -0.3 is 5.43 Å². The molecule has 6 atom stereocenters. The van der Waals surface area contributed by atoms with Gasteiger partial charge in [0, 0.05) is 42.2 Å². The van der Waals surface area contributed by atoms with E-state index in [0.717, 1.165) is 47.5 Å². The van der Waals surface area contributed by atoms with Crippen molar-refractivity contribution in [2.75, 3.05) is 6.54 Å². The SMILES string of the molecule is O=S(C1=C2NN3NCCC3C3CC(c4cnc5cccnc5c4)NC(S1)C23)C1CCC1. The molecule has 7 rings (SSSR count). The van der Waals surface area contributed by atoms with Crippen LogP contribution in [0.1, 0.15) is 43.7 Å². The van der Waals surface area contributed by atoms with Crippen molar-refractivity contribution in [3.05, 3.63) is 46.1 Å². The van der Waals surface area contributed by atoms with Crippen molar-refractivity contribution >= 4 is 33.6 Å². The Morgan fingerprint density at radius 2 is 2.13 bits per heavy atom. The highest BCUT2D eigenvalue weighted by Gasteiger charge is 2.55. The van der Waals surface area contributed by atoms with E-state index >= 15 is 0 Å². The minimum atomic E-state index is -0.900. The Morgan fingerprint density at radius 1 is 1.19 bits per heavy atom. The molecule has 5 aliphatic rings. The highest BCUT2D eigenvalue weighted by atomic mass is 32.2. The van der Waals surface area contributed by atoms with Gasteiger partial charge in [-0.1, -0.05) is 18.2 Å². The van der Waals surface area contributed by atoms with E-state index in [1.54, 1.807) is 0 Å². The summed E-state index contributed by atoms with van der Waals surface area (Å²) in [4.78, 5) is 9.19. The zero-order valence-electron chi connectivity index (χ0n) is 17.2. The topological polar surface area (TPSA) is 82.2 Å². The molecule has 6 unspecified atom stereocenters. The molecule has 4 fully saturated rings. The van der Waals surface area contributed by atoms with Crippen molar-refractivity contribution in [2.45, 2.75) is 54.8 Å². The molecule has 7 nitrogen and oxygen atoms in total. The maximum absolute atomic E-state index is 13.4. The largest absolute Gasteiger partial charge is 0.307 e. The van der Waals surface area contributed by atoms with Crippen LogP contribution in [0.5, 0.6) is 0 Å². The molecule has 0 aromatic carbocycles. The third kappa shape index (κ3) is 2.94. The van der Waals surface area contributed by atoms with Crippen LogP contribution in [-0.2, 0) is 10.8 Å². The molecule has 4 aliphatic heterocycles. The first-order valence-corrected chi connectivity index (χ1v) is 13.4. The van der Waals surface area contributed by atoms with Crippen molar-refractivity contribution in [1.82, 2.24) is 31.3 Å². The molecule has 2 aromatic heterocycles. The van der Waals surface area contributed by atoms with Crippen LogP contribution < -0.4 is 16.2 Å². The first kappa shape index (κ1) is 19.0. The number of rotatable bonds is 3. The van der Waals surface area contributed by atoms with Gasteiger partial charge in [0.1, 0.15) is 0 Å². The molecule has 9 heteroatoms. The number of nitrogens with one attached hydrogen (secondary N) is 3. The predicted octanol–water partition coefficient (Wildman–Crippen LogP) is 2.54. The second-order valence-electron chi connectivity index (χ2n) is 9.29. The molecule has 162 valence electrons. The molecular weight excluding hydrogens is 428 g/mol. The standard InChI is InChI=1S/C22H26N6OS2/c29-31(13-3-1-4-13)22-20-19-14(18-6-8-25-28(18)27-20)10-16(26-21(19)30-22)12-9-17-15(24-11-12)5-2-7-23-17/h2,5,7,9,11,13-14,16,18-19,21,25-27H,1,3-4,6,8,10H2. The maximum atomic E-state index is 13.4. The van der Waals surface area contributed by atoms with E-state index in [0.29, 0.717) is 23.1 Å². The molecule has 1 aliphatic carbocycles. The summed E-state index contributed by atoms with van der Waals surface area (Å²) < 4.78 is 14.5. The molecule has 0 amide bonds. The van der Waals surface area contributed by atoms with Gasteiger partial charge in [0.15, 0.2) is 0 Å². The van der Waals surface area contributed by atoms with Gasteiger partial charge in [0.05, 0.1) is 37.1 Å². The highest BCUT2D eigenvalue weighted by molar-refractivity contribution is 8.17. The van der Waals surface area contributed by atoms with Crippen molar-refractivity contribution in [3.8, 4) is 0 Å². The van der Waals surface area contributed by atoms with E-state index in [1.165, 1.54) is 17.7 Å².